The summed E-state index contributed by atoms with van der Waals surface area (Å²) >= 11 is 6.02. The molecule has 0 heterocycles. The Morgan fingerprint density at radius 1 is 1.13 bits per heavy atom. The summed E-state index contributed by atoms with van der Waals surface area (Å²) in [5, 5.41) is 5.33. The van der Waals surface area contributed by atoms with Gasteiger partial charge in [0.15, 0.2) is 0 Å². The molecule has 2 aromatic carbocycles. The number of methoxy groups -OCH3 is 2. The van der Waals surface area contributed by atoms with Gasteiger partial charge in [-0.1, -0.05) is 53.2 Å². The van der Waals surface area contributed by atoms with Gasteiger partial charge >= 0.3 is 5.97 Å². The minimum atomic E-state index is -0.458. The first-order valence-corrected chi connectivity index (χ1v) is 10.8. The van der Waals surface area contributed by atoms with E-state index in [9.17, 15) is 4.79 Å². The lowest BCUT2D eigenvalue weighted by molar-refractivity contribution is -0.133. The van der Waals surface area contributed by atoms with Gasteiger partial charge in [0.25, 0.3) is 0 Å². The Hall–Kier alpha value is -2.79. The van der Waals surface area contributed by atoms with Crippen LogP contribution < -0.4 is 0 Å². The zero-order valence-corrected chi connectivity index (χ0v) is 18.5. The largest absolute Gasteiger partial charge is 0.503 e. The van der Waals surface area contributed by atoms with E-state index in [1.54, 1.807) is 0 Å². The van der Waals surface area contributed by atoms with Crippen molar-refractivity contribution in [2.45, 2.75) is 31.8 Å². The topological polar surface area (TPSA) is 57.1 Å². The highest BCUT2D eigenvalue weighted by Gasteiger charge is 2.47. The lowest BCUT2D eigenvalue weighted by Gasteiger charge is -2.11. The molecule has 2 unspecified atom stereocenters. The van der Waals surface area contributed by atoms with Crippen LogP contribution in [0.15, 0.2) is 59.9 Å². The van der Waals surface area contributed by atoms with Crippen molar-refractivity contribution in [3.63, 3.8) is 0 Å². The summed E-state index contributed by atoms with van der Waals surface area (Å²) in [5.74, 6) is 0.989. The van der Waals surface area contributed by atoms with E-state index in [-0.39, 0.29) is 6.61 Å². The molecule has 6 heteroatoms. The van der Waals surface area contributed by atoms with Crippen LogP contribution in [-0.4, -0.2) is 25.9 Å². The minimum absolute atomic E-state index is 0.267. The number of rotatable bonds is 9. The summed E-state index contributed by atoms with van der Waals surface area (Å²) < 4.78 is 9.97. The molecular formula is C25H26ClNO4. The normalized spacial score (nSPS) is 20.9. The van der Waals surface area contributed by atoms with Gasteiger partial charge in [0.2, 0.25) is 0 Å². The van der Waals surface area contributed by atoms with E-state index < -0.39 is 5.97 Å². The van der Waals surface area contributed by atoms with Crippen molar-refractivity contribution in [2.75, 3.05) is 14.2 Å². The summed E-state index contributed by atoms with van der Waals surface area (Å²) in [6.45, 7) is 0.267. The van der Waals surface area contributed by atoms with E-state index in [0.717, 1.165) is 22.7 Å². The third-order valence-corrected chi connectivity index (χ3v) is 6.05. The molecule has 0 radical (unpaired) electrons. The van der Waals surface area contributed by atoms with E-state index in [2.05, 4.69) is 17.3 Å². The number of carbonyl (C=O) groups is 1. The third kappa shape index (κ3) is 5.10. The first-order chi connectivity index (χ1) is 15.1. The first kappa shape index (κ1) is 21.4. The number of ether oxygens (including phenoxy) is 2. The number of esters is 1. The van der Waals surface area contributed by atoms with Crippen LogP contribution in [-0.2, 0) is 25.7 Å². The van der Waals surface area contributed by atoms with Gasteiger partial charge in [-0.15, -0.1) is 0 Å². The average molecular weight is 440 g/mol. The van der Waals surface area contributed by atoms with Crippen molar-refractivity contribution in [1.82, 2.24) is 0 Å². The van der Waals surface area contributed by atoms with Gasteiger partial charge in [-0.3, -0.25) is 0 Å². The van der Waals surface area contributed by atoms with Crippen molar-refractivity contribution >= 4 is 28.9 Å². The summed E-state index contributed by atoms with van der Waals surface area (Å²) in [6, 6.07) is 15.6. The molecular weight excluding hydrogens is 414 g/mol. The second kappa shape index (κ2) is 9.56. The second-order valence-corrected chi connectivity index (χ2v) is 8.42. The quantitative estimate of drug-likeness (QED) is 0.168. The van der Waals surface area contributed by atoms with E-state index in [1.807, 2.05) is 36.4 Å². The SMILES string of the molecule is CO/C=C(/C(=O)OC)c1ccccc1CO/N=C(\C1CC1)C1CC1c1ccc(Cl)cc1. The van der Waals surface area contributed by atoms with Gasteiger partial charge in [0, 0.05) is 22.4 Å². The highest BCUT2D eigenvalue weighted by Crippen LogP contribution is 2.52. The molecule has 162 valence electrons. The number of nitrogens with zero attached hydrogens (tertiary/aromatic N) is 1. The van der Waals surface area contributed by atoms with Crippen LogP contribution in [0.25, 0.3) is 5.57 Å². The molecule has 2 aliphatic carbocycles. The number of oxime groups is 1. The minimum Gasteiger partial charge on any atom is -0.503 e. The predicted octanol–water partition coefficient (Wildman–Crippen LogP) is 5.59. The summed E-state index contributed by atoms with van der Waals surface area (Å²) in [6.07, 6.45) is 4.84. The van der Waals surface area contributed by atoms with Crippen molar-refractivity contribution in [1.29, 1.82) is 0 Å². The molecule has 0 bridgehead atoms. The van der Waals surface area contributed by atoms with Crippen LogP contribution >= 0.6 is 11.6 Å². The number of benzene rings is 2. The molecule has 5 nitrogen and oxygen atoms in total. The van der Waals surface area contributed by atoms with E-state index in [0.29, 0.717) is 28.9 Å². The van der Waals surface area contributed by atoms with Crippen LogP contribution in [0.3, 0.4) is 0 Å². The van der Waals surface area contributed by atoms with Crippen molar-refractivity contribution < 1.29 is 19.1 Å². The molecule has 4 rings (SSSR count). The number of hydrogen-bond acceptors (Lipinski definition) is 5. The van der Waals surface area contributed by atoms with Crippen LogP contribution in [0.4, 0.5) is 0 Å². The first-order valence-electron chi connectivity index (χ1n) is 10.5. The highest BCUT2D eigenvalue weighted by atomic mass is 35.5. The molecule has 0 amide bonds. The highest BCUT2D eigenvalue weighted by molar-refractivity contribution is 6.30. The molecule has 0 aliphatic heterocycles. The smallest absolute Gasteiger partial charge is 0.341 e. The number of hydrogen-bond donors (Lipinski definition) is 0. The summed E-state index contributed by atoms with van der Waals surface area (Å²) in [5.41, 5.74) is 4.38. The fraction of sp³-hybridized carbons (Fsp3) is 0.360. The van der Waals surface area contributed by atoms with Crippen molar-refractivity contribution in [2.24, 2.45) is 17.0 Å². The average Bonchev–Trinajstić information content (AvgIpc) is 3.71. The van der Waals surface area contributed by atoms with Crippen molar-refractivity contribution in [3.8, 4) is 0 Å². The Bertz CT molecular complexity index is 995. The Balaban J connectivity index is 1.47. The van der Waals surface area contributed by atoms with E-state index in [4.69, 9.17) is 25.9 Å². The van der Waals surface area contributed by atoms with Gasteiger partial charge in [0.1, 0.15) is 12.2 Å². The van der Waals surface area contributed by atoms with Gasteiger partial charge in [-0.05, 0) is 48.4 Å². The maximum Gasteiger partial charge on any atom is 0.341 e. The van der Waals surface area contributed by atoms with Crippen LogP contribution in [0.1, 0.15) is 41.9 Å². The third-order valence-electron chi connectivity index (χ3n) is 5.80. The molecule has 0 aromatic heterocycles. The number of halogens is 1. The molecule has 31 heavy (non-hydrogen) atoms. The molecule has 0 N–H and O–H groups in total. The Morgan fingerprint density at radius 3 is 2.55 bits per heavy atom. The van der Waals surface area contributed by atoms with Crippen LogP contribution in [0, 0.1) is 11.8 Å². The Morgan fingerprint density at radius 2 is 1.87 bits per heavy atom. The monoisotopic (exact) mass is 439 g/mol. The molecule has 0 saturated heterocycles. The van der Waals surface area contributed by atoms with Crippen molar-refractivity contribution in [3.05, 3.63) is 76.5 Å². The van der Waals surface area contributed by atoms with Gasteiger partial charge in [-0.25, -0.2) is 4.79 Å². The molecule has 0 spiro atoms. The van der Waals surface area contributed by atoms with Crippen LogP contribution in [0.2, 0.25) is 5.02 Å². The standard InChI is InChI=1S/C25H26ClNO4/c1-29-15-23(25(28)30-2)20-6-4-3-5-18(20)14-31-27-24(17-7-8-17)22-13-21(22)16-9-11-19(26)12-10-16/h3-6,9-12,15,17,21-22H,7-8,13-14H2,1-2H3/b23-15+,27-24+. The second-order valence-electron chi connectivity index (χ2n) is 7.98. The maximum absolute atomic E-state index is 12.2. The van der Waals surface area contributed by atoms with Gasteiger partial charge in [-0.2, -0.15) is 0 Å². The Kier molecular flexibility index (Phi) is 6.62. The predicted molar refractivity (Wildman–Crippen MR) is 121 cm³/mol. The van der Waals surface area contributed by atoms with E-state index >= 15 is 0 Å². The Labute approximate surface area is 187 Å². The molecule has 2 fully saturated rings. The fourth-order valence-electron chi connectivity index (χ4n) is 3.96. The van der Waals surface area contributed by atoms with Gasteiger partial charge in [0.05, 0.1) is 26.2 Å². The summed E-state index contributed by atoms with van der Waals surface area (Å²) in [4.78, 5) is 18.0. The summed E-state index contributed by atoms with van der Waals surface area (Å²) in [7, 11) is 2.85. The lowest BCUT2D eigenvalue weighted by atomic mass is 10.0. The molecule has 2 aliphatic rings. The molecule has 2 saturated carbocycles. The fourth-order valence-corrected chi connectivity index (χ4v) is 4.08. The van der Waals surface area contributed by atoms with Gasteiger partial charge < -0.3 is 14.3 Å². The number of carbonyl (C=O) groups excluding carboxylic acids is 1. The van der Waals surface area contributed by atoms with Crippen LogP contribution in [0.5, 0.6) is 0 Å². The zero-order valence-electron chi connectivity index (χ0n) is 17.7. The molecule has 2 atom stereocenters. The maximum atomic E-state index is 12.2. The molecule has 2 aromatic rings. The zero-order chi connectivity index (χ0) is 21.8. The lowest BCUT2D eigenvalue weighted by Crippen LogP contribution is -2.09. The van der Waals surface area contributed by atoms with E-state index in [1.165, 1.54) is 38.9 Å².